The van der Waals surface area contributed by atoms with Gasteiger partial charge in [-0.25, -0.2) is 15.0 Å². The Kier molecular flexibility index (Phi) is 5.32. The first-order valence-corrected chi connectivity index (χ1v) is 7.92. The molecule has 2 heterocycles. The van der Waals surface area contributed by atoms with E-state index in [1.165, 1.54) is 11.8 Å². The van der Waals surface area contributed by atoms with Gasteiger partial charge in [-0.3, -0.25) is 4.79 Å². The van der Waals surface area contributed by atoms with E-state index in [9.17, 15) is 4.79 Å². The second-order valence-corrected chi connectivity index (χ2v) is 5.52. The van der Waals surface area contributed by atoms with Crippen LogP contribution in [0.3, 0.4) is 0 Å². The Morgan fingerprint density at radius 3 is 2.62 bits per heavy atom. The fourth-order valence-electron chi connectivity index (χ4n) is 1.97. The van der Waals surface area contributed by atoms with E-state index in [0.29, 0.717) is 17.3 Å². The molecule has 0 bridgehead atoms. The molecule has 0 saturated carbocycles. The predicted molar refractivity (Wildman–Crippen MR) is 82.3 cm³/mol. The molecule has 0 N–H and O–H groups in total. The van der Waals surface area contributed by atoms with Crippen LogP contribution in [0.1, 0.15) is 22.6 Å². The minimum absolute atomic E-state index is 0.0532. The van der Waals surface area contributed by atoms with E-state index in [1.54, 1.807) is 30.5 Å². The molecule has 2 aromatic rings. The summed E-state index contributed by atoms with van der Waals surface area (Å²) < 4.78 is 2.00. The number of carbonyl (C=O) groups is 1. The van der Waals surface area contributed by atoms with Crippen LogP contribution >= 0.6 is 11.8 Å². The summed E-state index contributed by atoms with van der Waals surface area (Å²) in [7, 11) is 3.77. The number of hydrogen-bond acceptors (Lipinski definition) is 5. The molecule has 0 aliphatic heterocycles. The van der Waals surface area contributed by atoms with Gasteiger partial charge in [-0.15, -0.1) is 0 Å². The second-order valence-electron chi connectivity index (χ2n) is 4.74. The van der Waals surface area contributed by atoms with E-state index in [0.717, 1.165) is 18.7 Å². The van der Waals surface area contributed by atoms with Gasteiger partial charge in [-0.05, 0) is 12.7 Å². The van der Waals surface area contributed by atoms with Crippen LogP contribution in [0, 0.1) is 0 Å². The van der Waals surface area contributed by atoms with Crippen LogP contribution in [0.5, 0.6) is 0 Å². The maximum absolute atomic E-state index is 12.2. The summed E-state index contributed by atoms with van der Waals surface area (Å²) in [5, 5.41) is 0.670. The van der Waals surface area contributed by atoms with Gasteiger partial charge in [-0.1, -0.05) is 11.8 Å². The van der Waals surface area contributed by atoms with Crippen molar-refractivity contribution < 1.29 is 4.79 Å². The highest BCUT2D eigenvalue weighted by Gasteiger charge is 2.12. The summed E-state index contributed by atoms with van der Waals surface area (Å²) in [5.74, 6) is 0.978. The first-order chi connectivity index (χ1) is 10.1. The molecule has 2 aromatic heterocycles. The van der Waals surface area contributed by atoms with Crippen LogP contribution in [0.15, 0.2) is 29.9 Å². The smallest absolute Gasteiger partial charge is 0.256 e. The van der Waals surface area contributed by atoms with Crippen molar-refractivity contribution in [3.63, 3.8) is 0 Å². The number of nitrogens with zero attached hydrogens (tertiary/aromatic N) is 5. The maximum Gasteiger partial charge on any atom is 0.256 e. The average Bonchev–Trinajstić information content (AvgIpc) is 2.92. The van der Waals surface area contributed by atoms with Crippen LogP contribution < -0.4 is 0 Å². The number of carbonyl (C=O) groups excluding carboxylic acids is 1. The molecule has 0 aliphatic carbocycles. The van der Waals surface area contributed by atoms with Crippen molar-refractivity contribution in [3.05, 3.63) is 36.2 Å². The molecule has 21 heavy (non-hydrogen) atoms. The largest absolute Gasteiger partial charge is 0.342 e. The molecule has 1 amide bonds. The zero-order chi connectivity index (χ0) is 15.2. The summed E-state index contributed by atoms with van der Waals surface area (Å²) in [6.45, 7) is 0.677. The molecule has 0 unspecified atom stereocenters. The van der Waals surface area contributed by atoms with Crippen molar-refractivity contribution in [2.24, 2.45) is 7.05 Å². The summed E-state index contributed by atoms with van der Waals surface area (Å²) in [6.07, 6.45) is 10.5. The van der Waals surface area contributed by atoms with Gasteiger partial charge in [0.2, 0.25) is 0 Å². The number of amides is 1. The molecule has 0 radical (unpaired) electrons. The number of rotatable bonds is 6. The SMILES string of the molecule is CSc1ncc(C(=O)N(C)CCCc2nccn2C)cn1. The van der Waals surface area contributed by atoms with Gasteiger partial charge in [0.05, 0.1) is 5.56 Å². The minimum atomic E-state index is -0.0532. The highest BCUT2D eigenvalue weighted by atomic mass is 32.2. The van der Waals surface area contributed by atoms with Crippen molar-refractivity contribution >= 4 is 17.7 Å². The van der Waals surface area contributed by atoms with Crippen LogP contribution in [0.2, 0.25) is 0 Å². The van der Waals surface area contributed by atoms with Crippen LogP contribution in [-0.2, 0) is 13.5 Å². The van der Waals surface area contributed by atoms with Crippen LogP contribution in [-0.4, -0.2) is 50.2 Å². The third kappa shape index (κ3) is 4.04. The summed E-state index contributed by atoms with van der Waals surface area (Å²) >= 11 is 1.45. The molecule has 0 atom stereocenters. The molecule has 2 rings (SSSR count). The first kappa shape index (κ1) is 15.5. The lowest BCUT2D eigenvalue weighted by atomic mass is 10.2. The van der Waals surface area contributed by atoms with E-state index in [1.807, 2.05) is 24.1 Å². The average molecular weight is 305 g/mol. The lowest BCUT2D eigenvalue weighted by molar-refractivity contribution is 0.0792. The van der Waals surface area contributed by atoms with E-state index in [2.05, 4.69) is 15.0 Å². The number of hydrogen-bond donors (Lipinski definition) is 0. The Morgan fingerprint density at radius 2 is 2.05 bits per heavy atom. The normalized spacial score (nSPS) is 10.6. The third-order valence-electron chi connectivity index (χ3n) is 3.22. The first-order valence-electron chi connectivity index (χ1n) is 6.69. The Hall–Kier alpha value is -1.89. The third-order valence-corrected chi connectivity index (χ3v) is 3.80. The van der Waals surface area contributed by atoms with Gasteiger partial charge >= 0.3 is 0 Å². The summed E-state index contributed by atoms with van der Waals surface area (Å²) in [4.78, 5) is 26.4. The number of aryl methyl sites for hydroxylation is 2. The van der Waals surface area contributed by atoms with E-state index < -0.39 is 0 Å². The lowest BCUT2D eigenvalue weighted by Gasteiger charge is -2.16. The summed E-state index contributed by atoms with van der Waals surface area (Å²) in [6, 6.07) is 0. The standard InChI is InChI=1S/C14H19N5OS/c1-18-8-6-15-12(18)5-4-7-19(2)13(20)11-9-16-14(21-3)17-10-11/h6,8-10H,4-5,7H2,1-3H3. The molecule has 112 valence electrons. The quantitative estimate of drug-likeness (QED) is 0.599. The highest BCUT2D eigenvalue weighted by molar-refractivity contribution is 7.98. The topological polar surface area (TPSA) is 63.9 Å². The lowest BCUT2D eigenvalue weighted by Crippen LogP contribution is -2.28. The van der Waals surface area contributed by atoms with Gasteiger partial charge in [0.25, 0.3) is 5.91 Å². The van der Waals surface area contributed by atoms with Gasteiger partial charge in [0.15, 0.2) is 5.16 Å². The molecule has 7 heteroatoms. The minimum Gasteiger partial charge on any atom is -0.342 e. The fraction of sp³-hybridized carbons (Fsp3) is 0.429. The van der Waals surface area contributed by atoms with Gasteiger partial charge in [0, 0.05) is 51.8 Å². The van der Waals surface area contributed by atoms with Crippen molar-refractivity contribution in [2.45, 2.75) is 18.0 Å². The van der Waals surface area contributed by atoms with Gasteiger partial charge in [-0.2, -0.15) is 0 Å². The number of aromatic nitrogens is 4. The second kappa shape index (κ2) is 7.21. The molecular formula is C14H19N5OS. The van der Waals surface area contributed by atoms with E-state index in [4.69, 9.17) is 0 Å². The van der Waals surface area contributed by atoms with Crippen molar-refractivity contribution in [1.82, 2.24) is 24.4 Å². The van der Waals surface area contributed by atoms with E-state index in [-0.39, 0.29) is 5.91 Å². The summed E-state index contributed by atoms with van der Waals surface area (Å²) in [5.41, 5.74) is 0.521. The predicted octanol–water partition coefficient (Wildman–Crippen LogP) is 1.64. The molecule has 6 nitrogen and oxygen atoms in total. The molecule has 0 aliphatic rings. The maximum atomic E-state index is 12.2. The zero-order valence-corrected chi connectivity index (χ0v) is 13.3. The molecule has 0 saturated heterocycles. The Balaban J connectivity index is 1.85. The monoisotopic (exact) mass is 305 g/mol. The van der Waals surface area contributed by atoms with Gasteiger partial charge in [0.1, 0.15) is 5.82 Å². The number of thioether (sulfide) groups is 1. The molecular weight excluding hydrogens is 286 g/mol. The Labute approximate surface area is 128 Å². The van der Waals surface area contributed by atoms with Crippen LogP contribution in [0.25, 0.3) is 0 Å². The van der Waals surface area contributed by atoms with E-state index >= 15 is 0 Å². The van der Waals surface area contributed by atoms with Crippen molar-refractivity contribution in [1.29, 1.82) is 0 Å². The number of imidazole rings is 1. The molecule has 0 fully saturated rings. The Morgan fingerprint density at radius 1 is 1.33 bits per heavy atom. The Bertz CT molecular complexity index is 596. The van der Waals surface area contributed by atoms with Gasteiger partial charge < -0.3 is 9.47 Å². The highest BCUT2D eigenvalue weighted by Crippen LogP contribution is 2.09. The molecule has 0 aromatic carbocycles. The zero-order valence-electron chi connectivity index (χ0n) is 12.5. The van der Waals surface area contributed by atoms with Crippen molar-refractivity contribution in [3.8, 4) is 0 Å². The fourth-order valence-corrected chi connectivity index (χ4v) is 2.28. The van der Waals surface area contributed by atoms with Crippen molar-refractivity contribution in [2.75, 3.05) is 19.8 Å². The van der Waals surface area contributed by atoms with Crippen LogP contribution in [0.4, 0.5) is 0 Å². The molecule has 0 spiro atoms.